The molecule has 0 aromatic carbocycles. The SMILES string of the molecule is COCCOCCOCCOC(=O)C1CC(OC(=O)CCC(F)(F)C(F)(F)Br)CC(C(=O)OCCOCCOCCOC)C1. The fourth-order valence-corrected chi connectivity index (χ4v) is 4.16. The first-order valence-corrected chi connectivity index (χ1v) is 15.0. The fourth-order valence-electron chi connectivity index (χ4n) is 3.96. The molecule has 0 radical (unpaired) electrons. The molecule has 1 aliphatic carbocycles. The minimum atomic E-state index is -4.50. The van der Waals surface area contributed by atoms with Crippen LogP contribution < -0.4 is 0 Å². The van der Waals surface area contributed by atoms with Crippen molar-refractivity contribution in [3.05, 3.63) is 0 Å². The summed E-state index contributed by atoms with van der Waals surface area (Å²) in [7, 11) is 3.10. The van der Waals surface area contributed by atoms with E-state index in [0.717, 1.165) is 0 Å². The number of hydrogen-bond donors (Lipinski definition) is 0. The molecule has 0 bridgehead atoms. The van der Waals surface area contributed by atoms with Gasteiger partial charge in [-0.1, -0.05) is 0 Å². The van der Waals surface area contributed by atoms with Gasteiger partial charge in [0.05, 0.1) is 84.3 Å². The molecule has 0 amide bonds. The number of hydrogen-bond acceptors (Lipinski definition) is 12. The van der Waals surface area contributed by atoms with Gasteiger partial charge in [0.1, 0.15) is 19.3 Å². The lowest BCUT2D eigenvalue weighted by atomic mass is 9.79. The Labute approximate surface area is 262 Å². The van der Waals surface area contributed by atoms with Crippen LogP contribution in [0.5, 0.6) is 0 Å². The molecule has 0 N–H and O–H groups in total. The van der Waals surface area contributed by atoms with Crippen LogP contribution in [0.1, 0.15) is 32.1 Å². The number of carbonyl (C=O) groups is 3. The van der Waals surface area contributed by atoms with Crippen LogP contribution in [0.25, 0.3) is 0 Å². The molecule has 2 atom stereocenters. The first-order chi connectivity index (χ1) is 20.9. The molecule has 17 heteroatoms. The van der Waals surface area contributed by atoms with Crippen molar-refractivity contribution in [3.8, 4) is 0 Å². The van der Waals surface area contributed by atoms with Gasteiger partial charge in [-0.15, -0.1) is 0 Å². The summed E-state index contributed by atoms with van der Waals surface area (Å²) >= 11 is 1.61. The molecule has 1 fully saturated rings. The van der Waals surface area contributed by atoms with E-state index in [1.165, 1.54) is 0 Å². The van der Waals surface area contributed by atoms with Crippen molar-refractivity contribution in [1.29, 1.82) is 0 Å². The predicted octanol–water partition coefficient (Wildman–Crippen LogP) is 3.16. The van der Waals surface area contributed by atoms with E-state index in [0.29, 0.717) is 39.6 Å². The number of alkyl halides is 5. The van der Waals surface area contributed by atoms with Crippen molar-refractivity contribution in [2.45, 2.75) is 49.0 Å². The Morgan fingerprint density at radius 1 is 0.636 bits per heavy atom. The lowest BCUT2D eigenvalue weighted by molar-refractivity contribution is -0.172. The lowest BCUT2D eigenvalue weighted by Crippen LogP contribution is -2.39. The van der Waals surface area contributed by atoms with Crippen molar-refractivity contribution in [2.75, 3.05) is 93.5 Å². The van der Waals surface area contributed by atoms with Crippen molar-refractivity contribution in [1.82, 2.24) is 0 Å². The average Bonchev–Trinajstić information content (AvgIpc) is 2.97. The quantitative estimate of drug-likeness (QED) is 0.0452. The average molecular weight is 716 g/mol. The summed E-state index contributed by atoms with van der Waals surface area (Å²) in [6.45, 7) is 2.88. The summed E-state index contributed by atoms with van der Waals surface area (Å²) in [4.78, 5) is 33.3. The summed E-state index contributed by atoms with van der Waals surface area (Å²) < 4.78 is 99.8. The van der Waals surface area contributed by atoms with E-state index in [1.54, 1.807) is 30.1 Å². The Balaban J connectivity index is 2.61. The standard InChI is InChI=1S/C27H43BrF4O12/c1-36-5-7-38-9-11-40-13-15-42-24(34)20-17-21(25(35)43-16-14-41-12-10-39-8-6-37-2)19-22(18-20)44-23(33)3-4-26(29,30)27(28,31)32/h20-22H,3-19H2,1-2H3. The zero-order valence-corrected chi connectivity index (χ0v) is 26.6. The van der Waals surface area contributed by atoms with Crippen LogP contribution in [-0.2, 0) is 57.0 Å². The van der Waals surface area contributed by atoms with Crippen LogP contribution in [0, 0.1) is 11.8 Å². The molecular weight excluding hydrogens is 672 g/mol. The van der Waals surface area contributed by atoms with Gasteiger partial charge in [0, 0.05) is 20.6 Å². The number of rotatable bonds is 25. The molecule has 0 aromatic heterocycles. The van der Waals surface area contributed by atoms with Crippen molar-refractivity contribution >= 4 is 33.8 Å². The molecule has 258 valence electrons. The van der Waals surface area contributed by atoms with E-state index < -0.39 is 59.4 Å². The molecule has 0 spiro atoms. The maximum atomic E-state index is 13.6. The first kappa shape index (κ1) is 40.4. The highest BCUT2D eigenvalue weighted by Gasteiger charge is 2.54. The van der Waals surface area contributed by atoms with Gasteiger partial charge in [0.15, 0.2) is 0 Å². The molecular formula is C27H43BrF4O12. The van der Waals surface area contributed by atoms with Gasteiger partial charge in [0.25, 0.3) is 0 Å². The maximum absolute atomic E-state index is 13.6. The Morgan fingerprint density at radius 3 is 1.41 bits per heavy atom. The summed E-state index contributed by atoms with van der Waals surface area (Å²) in [6.07, 6.45) is -3.59. The fraction of sp³-hybridized carbons (Fsp3) is 0.889. The van der Waals surface area contributed by atoms with Crippen molar-refractivity contribution in [3.63, 3.8) is 0 Å². The number of ether oxygens (including phenoxy) is 9. The molecule has 1 saturated carbocycles. The summed E-state index contributed by atoms with van der Waals surface area (Å²) in [5.41, 5.74) is 0. The Hall–Kier alpha value is -1.63. The molecule has 2 unspecified atom stereocenters. The predicted molar refractivity (Wildman–Crippen MR) is 148 cm³/mol. The maximum Gasteiger partial charge on any atom is 0.363 e. The van der Waals surface area contributed by atoms with E-state index in [2.05, 4.69) is 0 Å². The van der Waals surface area contributed by atoms with E-state index in [-0.39, 0.29) is 58.9 Å². The number of methoxy groups -OCH3 is 2. The Morgan fingerprint density at radius 2 is 1.02 bits per heavy atom. The van der Waals surface area contributed by atoms with Crippen LogP contribution >= 0.6 is 15.9 Å². The van der Waals surface area contributed by atoms with Gasteiger partial charge in [0.2, 0.25) is 0 Å². The minimum absolute atomic E-state index is 0.0298. The zero-order chi connectivity index (χ0) is 32.8. The topological polar surface area (TPSA) is 134 Å². The van der Waals surface area contributed by atoms with E-state index in [1.807, 2.05) is 0 Å². The monoisotopic (exact) mass is 714 g/mol. The second kappa shape index (κ2) is 22.8. The molecule has 0 saturated heterocycles. The number of halogens is 5. The van der Waals surface area contributed by atoms with Gasteiger partial charge < -0.3 is 42.6 Å². The van der Waals surface area contributed by atoms with Gasteiger partial charge in [-0.25, -0.2) is 0 Å². The zero-order valence-electron chi connectivity index (χ0n) is 25.0. The second-order valence-corrected chi connectivity index (χ2v) is 10.7. The number of carbonyl (C=O) groups excluding carboxylic acids is 3. The van der Waals surface area contributed by atoms with E-state index >= 15 is 0 Å². The summed E-state index contributed by atoms with van der Waals surface area (Å²) in [6, 6.07) is 0. The van der Waals surface area contributed by atoms with Crippen LogP contribution in [0.3, 0.4) is 0 Å². The molecule has 0 aromatic rings. The third kappa shape index (κ3) is 17.8. The Kier molecular flexibility index (Phi) is 20.9. The van der Waals surface area contributed by atoms with Crippen molar-refractivity contribution in [2.24, 2.45) is 11.8 Å². The van der Waals surface area contributed by atoms with Crippen LogP contribution in [0.15, 0.2) is 0 Å². The van der Waals surface area contributed by atoms with Gasteiger partial charge in [-0.2, -0.15) is 17.6 Å². The normalized spacial score (nSPS) is 19.0. The van der Waals surface area contributed by atoms with Crippen LogP contribution in [-0.4, -0.2) is 128 Å². The first-order valence-electron chi connectivity index (χ1n) is 14.2. The highest BCUT2D eigenvalue weighted by molar-refractivity contribution is 9.10. The second-order valence-electron chi connectivity index (χ2n) is 9.69. The molecule has 12 nitrogen and oxygen atoms in total. The molecule has 0 aliphatic heterocycles. The largest absolute Gasteiger partial charge is 0.463 e. The lowest BCUT2D eigenvalue weighted by Gasteiger charge is -2.32. The minimum Gasteiger partial charge on any atom is -0.463 e. The third-order valence-corrected chi connectivity index (χ3v) is 6.82. The molecule has 1 aliphatic rings. The summed E-state index contributed by atoms with van der Waals surface area (Å²) in [5.74, 6) is -8.78. The molecule has 44 heavy (non-hydrogen) atoms. The van der Waals surface area contributed by atoms with Gasteiger partial charge in [-0.3, -0.25) is 14.4 Å². The third-order valence-electron chi connectivity index (χ3n) is 6.24. The smallest absolute Gasteiger partial charge is 0.363 e. The highest BCUT2D eigenvalue weighted by Crippen LogP contribution is 2.42. The highest BCUT2D eigenvalue weighted by atomic mass is 79.9. The van der Waals surface area contributed by atoms with E-state index in [9.17, 15) is 31.9 Å². The van der Waals surface area contributed by atoms with Crippen LogP contribution in [0.2, 0.25) is 0 Å². The molecule has 0 heterocycles. The van der Waals surface area contributed by atoms with Gasteiger partial charge >= 0.3 is 28.7 Å². The van der Waals surface area contributed by atoms with Crippen molar-refractivity contribution < 1.29 is 74.6 Å². The van der Waals surface area contributed by atoms with Crippen LogP contribution in [0.4, 0.5) is 17.6 Å². The van der Waals surface area contributed by atoms with E-state index in [4.69, 9.17) is 42.6 Å². The van der Waals surface area contributed by atoms with Gasteiger partial charge in [-0.05, 0) is 35.2 Å². The Bertz CT molecular complexity index is 776. The summed E-state index contributed by atoms with van der Waals surface area (Å²) in [5, 5.41) is 0. The number of esters is 3. The molecule has 1 rings (SSSR count).